The number of unbranched alkanes of at least 4 members (excludes halogenated alkanes) is 2. The van der Waals surface area contributed by atoms with Gasteiger partial charge in [-0.1, -0.05) is 32.6 Å². The summed E-state index contributed by atoms with van der Waals surface area (Å²) in [4.78, 5) is 0. The van der Waals surface area contributed by atoms with Gasteiger partial charge in [-0.25, -0.2) is 0 Å². The molecule has 0 aromatic heterocycles. The van der Waals surface area contributed by atoms with E-state index >= 15 is 0 Å². The molecule has 0 atom stereocenters. The summed E-state index contributed by atoms with van der Waals surface area (Å²) < 4.78 is 1.83. The summed E-state index contributed by atoms with van der Waals surface area (Å²) in [6, 6.07) is 6.52. The molecule has 0 unspecified atom stereocenters. The zero-order valence-electron chi connectivity index (χ0n) is 12.7. The van der Waals surface area contributed by atoms with Crippen molar-refractivity contribution in [2.24, 2.45) is 5.92 Å². The zero-order valence-corrected chi connectivity index (χ0v) is 15.8. The molecule has 0 heterocycles. The van der Waals surface area contributed by atoms with Crippen LogP contribution in [0.1, 0.15) is 75.3 Å². The Labute approximate surface area is 145 Å². The fraction of sp³-hybridized carbons (Fsp3) is 0.611. The number of hydrogen-bond acceptors (Lipinski definition) is 1. The van der Waals surface area contributed by atoms with Crippen LogP contribution in [0.4, 0.5) is 0 Å². The molecule has 0 aliphatic heterocycles. The van der Waals surface area contributed by atoms with E-state index in [1.165, 1.54) is 56.9 Å². The van der Waals surface area contributed by atoms with Gasteiger partial charge < -0.3 is 0 Å². The first kappa shape index (κ1) is 17.0. The molecule has 0 amide bonds. The van der Waals surface area contributed by atoms with E-state index in [0.29, 0.717) is 11.5 Å². The predicted molar refractivity (Wildman–Crippen MR) is 95.4 cm³/mol. The summed E-state index contributed by atoms with van der Waals surface area (Å²) in [5.41, 5.74) is 2.08. The maximum absolute atomic E-state index is 9.13. The van der Waals surface area contributed by atoms with E-state index in [-0.39, 0.29) is 0 Å². The van der Waals surface area contributed by atoms with Crippen LogP contribution in [-0.4, -0.2) is 0 Å². The molecule has 0 spiro atoms. The van der Waals surface area contributed by atoms with Crippen LogP contribution in [0.5, 0.6) is 0 Å². The second-order valence-corrected chi connectivity index (χ2v) is 7.89. The van der Waals surface area contributed by atoms with Crippen LogP contribution in [-0.2, 0) is 0 Å². The second-order valence-electron chi connectivity index (χ2n) is 6.18. The van der Waals surface area contributed by atoms with Gasteiger partial charge in [-0.2, -0.15) is 5.26 Å². The molecule has 114 valence electrons. The quantitative estimate of drug-likeness (QED) is 0.480. The number of hydrogen-bond donors (Lipinski definition) is 0. The molecule has 1 nitrogen and oxygen atoms in total. The summed E-state index contributed by atoms with van der Waals surface area (Å²) in [5, 5.41) is 9.13. The van der Waals surface area contributed by atoms with Gasteiger partial charge in [0, 0.05) is 8.95 Å². The molecule has 0 N–H and O–H groups in total. The van der Waals surface area contributed by atoms with Crippen molar-refractivity contribution in [3.05, 3.63) is 32.2 Å². The smallest absolute Gasteiger partial charge is 0.102 e. The molecule has 1 aromatic rings. The van der Waals surface area contributed by atoms with Crippen molar-refractivity contribution >= 4 is 31.9 Å². The van der Waals surface area contributed by atoms with Crippen molar-refractivity contribution in [2.45, 2.75) is 64.2 Å². The summed E-state index contributed by atoms with van der Waals surface area (Å²) in [6.07, 6.45) is 10.8. The first-order valence-corrected chi connectivity index (χ1v) is 9.63. The van der Waals surface area contributed by atoms with Crippen LogP contribution in [0, 0.1) is 17.2 Å². The SMILES string of the molecule is CCCCCC1CCC(c2cc(Br)c(C#N)c(Br)c2)CC1. The molecule has 1 aliphatic rings. The lowest BCUT2D eigenvalue weighted by atomic mass is 9.77. The first-order chi connectivity index (χ1) is 10.2. The Hall–Kier alpha value is -0.330. The third-order valence-corrected chi connectivity index (χ3v) is 5.96. The van der Waals surface area contributed by atoms with Gasteiger partial charge in [-0.15, -0.1) is 0 Å². The average molecular weight is 413 g/mol. The van der Waals surface area contributed by atoms with Gasteiger partial charge in [0.05, 0.1) is 5.56 Å². The molecule has 0 saturated heterocycles. The lowest BCUT2D eigenvalue weighted by molar-refractivity contribution is 0.302. The van der Waals surface area contributed by atoms with E-state index in [0.717, 1.165) is 14.9 Å². The fourth-order valence-corrected chi connectivity index (χ4v) is 4.80. The number of rotatable bonds is 5. The maximum atomic E-state index is 9.13. The number of nitriles is 1. The van der Waals surface area contributed by atoms with Crippen LogP contribution >= 0.6 is 31.9 Å². The minimum Gasteiger partial charge on any atom is -0.192 e. The van der Waals surface area contributed by atoms with E-state index < -0.39 is 0 Å². The van der Waals surface area contributed by atoms with Crippen molar-refractivity contribution in [1.82, 2.24) is 0 Å². The molecular weight excluding hydrogens is 390 g/mol. The summed E-state index contributed by atoms with van der Waals surface area (Å²) in [5.74, 6) is 1.60. The van der Waals surface area contributed by atoms with Crippen molar-refractivity contribution < 1.29 is 0 Å². The number of nitrogens with zero attached hydrogens (tertiary/aromatic N) is 1. The molecule has 2 rings (SSSR count). The summed E-state index contributed by atoms with van der Waals surface area (Å²) >= 11 is 7.05. The van der Waals surface area contributed by atoms with Crippen LogP contribution < -0.4 is 0 Å². The Morgan fingerprint density at radius 3 is 2.24 bits per heavy atom. The number of benzene rings is 1. The molecule has 1 aliphatic carbocycles. The topological polar surface area (TPSA) is 23.8 Å². The van der Waals surface area contributed by atoms with Crippen LogP contribution in [0.2, 0.25) is 0 Å². The lowest BCUT2D eigenvalue weighted by Crippen LogP contribution is -2.13. The van der Waals surface area contributed by atoms with Gasteiger partial charge in [0.25, 0.3) is 0 Å². The fourth-order valence-electron chi connectivity index (χ4n) is 3.40. The van der Waals surface area contributed by atoms with E-state index in [1.807, 2.05) is 0 Å². The third-order valence-electron chi connectivity index (χ3n) is 4.71. The first-order valence-electron chi connectivity index (χ1n) is 8.04. The molecular formula is C18H23Br2N. The zero-order chi connectivity index (χ0) is 15.2. The van der Waals surface area contributed by atoms with Crippen molar-refractivity contribution in [3.8, 4) is 6.07 Å². The Balaban J connectivity index is 1.95. The highest BCUT2D eigenvalue weighted by Gasteiger charge is 2.23. The number of halogens is 2. The molecule has 21 heavy (non-hydrogen) atoms. The molecule has 0 bridgehead atoms. The van der Waals surface area contributed by atoms with Crippen LogP contribution in [0.25, 0.3) is 0 Å². The van der Waals surface area contributed by atoms with Gasteiger partial charge in [0.2, 0.25) is 0 Å². The van der Waals surface area contributed by atoms with Crippen molar-refractivity contribution in [1.29, 1.82) is 5.26 Å². The largest absolute Gasteiger partial charge is 0.192 e. The summed E-state index contributed by atoms with van der Waals surface area (Å²) in [7, 11) is 0. The van der Waals surface area contributed by atoms with Gasteiger partial charge >= 0.3 is 0 Å². The normalized spacial score (nSPS) is 22.0. The van der Waals surface area contributed by atoms with Gasteiger partial charge in [0.15, 0.2) is 0 Å². The van der Waals surface area contributed by atoms with Crippen LogP contribution in [0.15, 0.2) is 21.1 Å². The van der Waals surface area contributed by atoms with E-state index in [4.69, 9.17) is 5.26 Å². The van der Waals surface area contributed by atoms with Crippen molar-refractivity contribution in [2.75, 3.05) is 0 Å². The Kier molecular flexibility index (Phi) is 6.76. The van der Waals surface area contributed by atoms with E-state index in [2.05, 4.69) is 57.0 Å². The Morgan fingerprint density at radius 1 is 1.10 bits per heavy atom. The molecule has 1 fully saturated rings. The van der Waals surface area contributed by atoms with E-state index in [1.54, 1.807) is 0 Å². The highest BCUT2D eigenvalue weighted by atomic mass is 79.9. The standard InChI is InChI=1S/C18H23Br2N/c1-2-3-4-5-13-6-8-14(9-7-13)15-10-17(19)16(12-21)18(20)11-15/h10-11,13-14H,2-9H2,1H3. The van der Waals surface area contributed by atoms with Gasteiger partial charge in [0.1, 0.15) is 6.07 Å². The highest BCUT2D eigenvalue weighted by Crippen LogP contribution is 2.40. The molecule has 1 saturated carbocycles. The predicted octanol–water partition coefficient (Wildman–Crippen LogP) is 6.94. The summed E-state index contributed by atoms with van der Waals surface area (Å²) in [6.45, 7) is 2.28. The van der Waals surface area contributed by atoms with Crippen molar-refractivity contribution in [3.63, 3.8) is 0 Å². The highest BCUT2D eigenvalue weighted by molar-refractivity contribution is 9.11. The second kappa shape index (κ2) is 8.34. The molecule has 3 heteroatoms. The van der Waals surface area contributed by atoms with Gasteiger partial charge in [-0.3, -0.25) is 0 Å². The lowest BCUT2D eigenvalue weighted by Gasteiger charge is -2.29. The minimum absolute atomic E-state index is 0.660. The molecule has 1 aromatic carbocycles. The Bertz CT molecular complexity index is 487. The third kappa shape index (κ3) is 4.57. The monoisotopic (exact) mass is 411 g/mol. The minimum atomic E-state index is 0.660. The molecule has 0 radical (unpaired) electrons. The Morgan fingerprint density at radius 2 is 1.71 bits per heavy atom. The van der Waals surface area contributed by atoms with Gasteiger partial charge in [-0.05, 0) is 87.1 Å². The van der Waals surface area contributed by atoms with E-state index in [9.17, 15) is 0 Å². The maximum Gasteiger partial charge on any atom is 0.102 e. The van der Waals surface area contributed by atoms with Crippen LogP contribution in [0.3, 0.4) is 0 Å². The average Bonchev–Trinajstić information content (AvgIpc) is 2.48.